The molecule has 1 aromatic heterocycles. The van der Waals surface area contributed by atoms with Gasteiger partial charge in [0.15, 0.2) is 5.13 Å². The molecule has 1 heterocycles. The van der Waals surface area contributed by atoms with E-state index in [1.807, 2.05) is 13.8 Å². The SMILES string of the molecule is COc1ccc(Cl)c2sc(NC(=O)c3ccc(OC(C)C)cc3)nc12. The van der Waals surface area contributed by atoms with Crippen molar-refractivity contribution in [2.75, 3.05) is 12.4 Å². The largest absolute Gasteiger partial charge is 0.494 e. The number of nitrogens with one attached hydrogen (secondary N) is 1. The number of halogens is 1. The van der Waals surface area contributed by atoms with Gasteiger partial charge in [-0.25, -0.2) is 4.98 Å². The van der Waals surface area contributed by atoms with Crippen LogP contribution in [-0.2, 0) is 0 Å². The minimum absolute atomic E-state index is 0.0853. The first-order chi connectivity index (χ1) is 12.0. The fourth-order valence-corrected chi connectivity index (χ4v) is 3.45. The number of benzene rings is 2. The number of hydrogen-bond acceptors (Lipinski definition) is 5. The summed E-state index contributed by atoms with van der Waals surface area (Å²) in [6, 6.07) is 10.5. The maximum absolute atomic E-state index is 12.4. The lowest BCUT2D eigenvalue weighted by Gasteiger charge is -2.09. The molecular weight excluding hydrogens is 360 g/mol. The Balaban J connectivity index is 1.81. The molecule has 2 aromatic carbocycles. The minimum Gasteiger partial charge on any atom is -0.494 e. The molecule has 0 aliphatic rings. The fraction of sp³-hybridized carbons (Fsp3) is 0.222. The second kappa shape index (κ2) is 7.29. The Morgan fingerprint density at radius 3 is 2.56 bits per heavy atom. The Morgan fingerprint density at radius 1 is 1.20 bits per heavy atom. The highest BCUT2D eigenvalue weighted by molar-refractivity contribution is 7.23. The Labute approximate surface area is 154 Å². The van der Waals surface area contributed by atoms with Crippen LogP contribution in [0.4, 0.5) is 5.13 Å². The third kappa shape index (κ3) is 3.86. The quantitative estimate of drug-likeness (QED) is 0.680. The van der Waals surface area contributed by atoms with Crippen molar-refractivity contribution < 1.29 is 14.3 Å². The summed E-state index contributed by atoms with van der Waals surface area (Å²) in [5, 5.41) is 3.84. The zero-order valence-corrected chi connectivity index (χ0v) is 15.6. The third-order valence-corrected chi connectivity index (χ3v) is 4.82. The number of aromatic nitrogens is 1. The molecule has 0 atom stereocenters. The van der Waals surface area contributed by atoms with E-state index in [9.17, 15) is 4.79 Å². The van der Waals surface area contributed by atoms with E-state index in [1.165, 1.54) is 11.3 Å². The summed E-state index contributed by atoms with van der Waals surface area (Å²) in [5.74, 6) is 1.10. The Kier molecular flexibility index (Phi) is 5.11. The normalized spacial score (nSPS) is 10.9. The van der Waals surface area contributed by atoms with Crippen LogP contribution < -0.4 is 14.8 Å². The molecule has 0 bridgehead atoms. The first-order valence-electron chi connectivity index (χ1n) is 7.69. The number of hydrogen-bond donors (Lipinski definition) is 1. The summed E-state index contributed by atoms with van der Waals surface area (Å²) in [7, 11) is 1.57. The topological polar surface area (TPSA) is 60.5 Å². The average molecular weight is 377 g/mol. The highest BCUT2D eigenvalue weighted by atomic mass is 35.5. The molecular formula is C18H17ClN2O3S. The number of rotatable bonds is 5. The van der Waals surface area contributed by atoms with Crippen molar-refractivity contribution in [2.45, 2.75) is 20.0 Å². The second-order valence-electron chi connectivity index (χ2n) is 5.59. The van der Waals surface area contributed by atoms with Gasteiger partial charge in [-0.2, -0.15) is 0 Å². The zero-order valence-electron chi connectivity index (χ0n) is 14.0. The fourth-order valence-electron chi connectivity index (χ4n) is 2.30. The van der Waals surface area contributed by atoms with E-state index < -0.39 is 0 Å². The predicted octanol–water partition coefficient (Wildman–Crippen LogP) is 5.00. The van der Waals surface area contributed by atoms with Crippen molar-refractivity contribution in [1.29, 1.82) is 0 Å². The smallest absolute Gasteiger partial charge is 0.257 e. The van der Waals surface area contributed by atoms with Gasteiger partial charge in [-0.1, -0.05) is 22.9 Å². The van der Waals surface area contributed by atoms with Crippen LogP contribution in [-0.4, -0.2) is 24.1 Å². The lowest BCUT2D eigenvalue weighted by Crippen LogP contribution is -2.12. The van der Waals surface area contributed by atoms with E-state index in [0.29, 0.717) is 27.0 Å². The van der Waals surface area contributed by atoms with Crippen LogP contribution in [0.5, 0.6) is 11.5 Å². The average Bonchev–Trinajstić information content (AvgIpc) is 3.00. The molecule has 0 saturated heterocycles. The van der Waals surface area contributed by atoms with Gasteiger partial charge in [-0.3, -0.25) is 10.1 Å². The van der Waals surface area contributed by atoms with Crippen LogP contribution in [0.1, 0.15) is 24.2 Å². The molecule has 7 heteroatoms. The molecule has 1 amide bonds. The molecule has 25 heavy (non-hydrogen) atoms. The van der Waals surface area contributed by atoms with Crippen molar-refractivity contribution in [2.24, 2.45) is 0 Å². The minimum atomic E-state index is -0.245. The number of thiazole rings is 1. The van der Waals surface area contributed by atoms with Gasteiger partial charge in [0.05, 0.1) is 22.9 Å². The van der Waals surface area contributed by atoms with Crippen molar-refractivity contribution in [3.63, 3.8) is 0 Å². The number of ether oxygens (including phenoxy) is 2. The Bertz CT molecular complexity index is 907. The van der Waals surface area contributed by atoms with Crippen molar-refractivity contribution in [1.82, 2.24) is 4.98 Å². The van der Waals surface area contributed by atoms with Crippen molar-refractivity contribution in [3.8, 4) is 11.5 Å². The van der Waals surface area contributed by atoms with Gasteiger partial charge < -0.3 is 9.47 Å². The van der Waals surface area contributed by atoms with Gasteiger partial charge >= 0.3 is 0 Å². The van der Waals surface area contributed by atoms with Crippen LogP contribution in [0.3, 0.4) is 0 Å². The standard InChI is InChI=1S/C18H17ClN2O3S/c1-10(2)24-12-6-4-11(5-7-12)17(22)21-18-20-15-14(23-3)9-8-13(19)16(15)25-18/h4-10H,1-3H3,(H,20,21,22). The zero-order chi connectivity index (χ0) is 18.0. The van der Waals surface area contributed by atoms with E-state index in [2.05, 4.69) is 10.3 Å². The van der Waals surface area contributed by atoms with Gasteiger partial charge in [0.25, 0.3) is 5.91 Å². The molecule has 3 aromatic rings. The highest BCUT2D eigenvalue weighted by Crippen LogP contribution is 2.37. The first kappa shape index (κ1) is 17.5. The van der Waals surface area contributed by atoms with Crippen LogP contribution in [0.15, 0.2) is 36.4 Å². The lowest BCUT2D eigenvalue weighted by molar-refractivity contribution is 0.102. The van der Waals surface area contributed by atoms with Crippen molar-refractivity contribution in [3.05, 3.63) is 47.0 Å². The monoisotopic (exact) mass is 376 g/mol. The Hall–Kier alpha value is -2.31. The predicted molar refractivity (Wildman–Crippen MR) is 101 cm³/mol. The van der Waals surface area contributed by atoms with Gasteiger partial charge in [-0.05, 0) is 50.2 Å². The van der Waals surface area contributed by atoms with E-state index in [-0.39, 0.29) is 12.0 Å². The molecule has 0 aliphatic carbocycles. The van der Waals surface area contributed by atoms with Gasteiger partial charge in [0.2, 0.25) is 0 Å². The molecule has 0 radical (unpaired) electrons. The number of carbonyl (C=O) groups excluding carboxylic acids is 1. The molecule has 130 valence electrons. The molecule has 0 saturated carbocycles. The second-order valence-corrected chi connectivity index (χ2v) is 7.00. The number of anilines is 1. The number of nitrogens with zero attached hydrogens (tertiary/aromatic N) is 1. The van der Waals surface area contributed by atoms with Crippen LogP contribution >= 0.6 is 22.9 Å². The van der Waals surface area contributed by atoms with Crippen LogP contribution in [0.2, 0.25) is 5.02 Å². The van der Waals surface area contributed by atoms with Crippen molar-refractivity contribution >= 4 is 44.2 Å². The van der Waals surface area contributed by atoms with E-state index >= 15 is 0 Å². The number of fused-ring (bicyclic) bond motifs is 1. The summed E-state index contributed by atoms with van der Waals surface area (Å²) >= 11 is 7.51. The van der Waals surface area contributed by atoms with E-state index in [1.54, 1.807) is 43.5 Å². The summed E-state index contributed by atoms with van der Waals surface area (Å²) < 4.78 is 11.6. The maximum Gasteiger partial charge on any atom is 0.257 e. The molecule has 0 unspecified atom stereocenters. The molecule has 5 nitrogen and oxygen atoms in total. The Morgan fingerprint density at radius 2 is 1.92 bits per heavy atom. The van der Waals surface area contributed by atoms with Crippen LogP contribution in [0.25, 0.3) is 10.2 Å². The molecule has 3 rings (SSSR count). The summed E-state index contributed by atoms with van der Waals surface area (Å²) in [4.78, 5) is 16.8. The van der Waals surface area contributed by atoms with E-state index in [0.717, 1.165) is 10.4 Å². The molecule has 1 N–H and O–H groups in total. The van der Waals surface area contributed by atoms with Gasteiger partial charge in [0.1, 0.15) is 17.0 Å². The number of carbonyl (C=O) groups is 1. The summed E-state index contributed by atoms with van der Waals surface area (Å²) in [5.41, 5.74) is 1.16. The van der Waals surface area contributed by atoms with Gasteiger partial charge in [0, 0.05) is 5.56 Å². The lowest BCUT2D eigenvalue weighted by atomic mass is 10.2. The van der Waals surface area contributed by atoms with Crippen LogP contribution in [0, 0.1) is 0 Å². The summed E-state index contributed by atoms with van der Waals surface area (Å²) in [6.07, 6.45) is 0.0853. The molecule has 0 spiro atoms. The maximum atomic E-state index is 12.4. The van der Waals surface area contributed by atoms with E-state index in [4.69, 9.17) is 21.1 Å². The van der Waals surface area contributed by atoms with Gasteiger partial charge in [-0.15, -0.1) is 0 Å². The number of amides is 1. The number of methoxy groups -OCH3 is 1. The molecule has 0 fully saturated rings. The molecule has 0 aliphatic heterocycles. The summed E-state index contributed by atoms with van der Waals surface area (Å²) in [6.45, 7) is 3.90. The highest BCUT2D eigenvalue weighted by Gasteiger charge is 2.15. The third-order valence-electron chi connectivity index (χ3n) is 3.39. The first-order valence-corrected chi connectivity index (χ1v) is 8.88.